The van der Waals surface area contributed by atoms with Gasteiger partial charge in [-0.2, -0.15) is 0 Å². The molecule has 2 aromatic rings. The molecule has 0 aliphatic rings. The van der Waals surface area contributed by atoms with Crippen LogP contribution in [0, 0.1) is 0 Å². The van der Waals surface area contributed by atoms with Crippen molar-refractivity contribution in [3.05, 3.63) is 71.3 Å². The molecule has 0 aliphatic heterocycles. The number of carbonyl (C=O) groups is 1. The first kappa shape index (κ1) is 19.3. The van der Waals surface area contributed by atoms with Crippen LogP contribution in [0.5, 0.6) is 0 Å². The molecule has 0 spiro atoms. The molecule has 134 valence electrons. The molecule has 0 aliphatic carbocycles. The predicted molar refractivity (Wildman–Crippen MR) is 104 cm³/mol. The van der Waals surface area contributed by atoms with E-state index in [4.69, 9.17) is 0 Å². The Hall–Kier alpha value is -1.98. The molecule has 0 fully saturated rings. The van der Waals surface area contributed by atoms with Gasteiger partial charge in [0.25, 0.3) is 5.91 Å². The first-order valence-corrected chi connectivity index (χ1v) is 10.2. The second kappa shape index (κ2) is 10.1. The third-order valence-corrected chi connectivity index (χ3v) is 4.60. The summed E-state index contributed by atoms with van der Waals surface area (Å²) in [6, 6.07) is 17.7. The summed E-state index contributed by atoms with van der Waals surface area (Å²) in [4.78, 5) is 14.5. The lowest BCUT2D eigenvalue weighted by Crippen LogP contribution is -2.28. The smallest absolute Gasteiger partial charge is 0.251 e. The van der Waals surface area contributed by atoms with E-state index in [1.54, 1.807) is 12.3 Å². The van der Waals surface area contributed by atoms with E-state index < -0.39 is 10.8 Å². The molecule has 1 unspecified atom stereocenters. The summed E-state index contributed by atoms with van der Waals surface area (Å²) < 4.78 is 11.3. The number of carbonyl (C=O) groups excluding carboxylic acids is 1. The molecular formula is C20H26N2O2S. The zero-order chi connectivity index (χ0) is 18.1. The highest BCUT2D eigenvalue weighted by atomic mass is 32.2. The summed E-state index contributed by atoms with van der Waals surface area (Å²) in [7, 11) is 1.18. The van der Waals surface area contributed by atoms with Gasteiger partial charge in [0.15, 0.2) is 0 Å². The van der Waals surface area contributed by atoms with E-state index >= 15 is 0 Å². The fraction of sp³-hybridized carbons (Fsp3) is 0.350. The normalized spacial score (nSPS) is 12.1. The van der Waals surface area contributed by atoms with Gasteiger partial charge in [-0.1, -0.05) is 42.5 Å². The lowest BCUT2D eigenvalue weighted by molar-refractivity contribution is 0.0952. The number of amides is 1. The van der Waals surface area contributed by atoms with Crippen LogP contribution in [0.1, 0.15) is 27.9 Å². The maximum atomic E-state index is 12.2. The third kappa shape index (κ3) is 7.20. The van der Waals surface area contributed by atoms with Crippen LogP contribution in [0.15, 0.2) is 54.6 Å². The van der Waals surface area contributed by atoms with Crippen molar-refractivity contribution >= 4 is 16.7 Å². The summed E-state index contributed by atoms with van der Waals surface area (Å²) in [5.41, 5.74) is 2.84. The molecule has 4 nitrogen and oxygen atoms in total. The molecule has 0 heterocycles. The van der Waals surface area contributed by atoms with E-state index in [9.17, 15) is 9.00 Å². The Bertz CT molecular complexity index is 704. The van der Waals surface area contributed by atoms with Gasteiger partial charge in [0.1, 0.15) is 0 Å². The van der Waals surface area contributed by atoms with Gasteiger partial charge < -0.3 is 10.2 Å². The number of nitrogens with one attached hydrogen (secondary N) is 1. The SMILES string of the molecule is CN(CCCNC(=O)c1cccc(CS(C)=O)c1)Cc1ccccc1. The zero-order valence-corrected chi connectivity index (χ0v) is 15.7. The van der Waals surface area contributed by atoms with E-state index in [0.717, 1.165) is 25.1 Å². The fourth-order valence-electron chi connectivity index (χ4n) is 2.66. The molecule has 0 saturated carbocycles. The van der Waals surface area contributed by atoms with Crippen LogP contribution in [0.25, 0.3) is 0 Å². The summed E-state index contributed by atoms with van der Waals surface area (Å²) in [6.45, 7) is 2.47. The molecule has 1 atom stereocenters. The van der Waals surface area contributed by atoms with Gasteiger partial charge in [-0.05, 0) is 43.3 Å². The highest BCUT2D eigenvalue weighted by Crippen LogP contribution is 2.07. The maximum absolute atomic E-state index is 12.2. The standard InChI is InChI=1S/C20H26N2O2S/c1-22(15-17-8-4-3-5-9-17)13-7-12-21-20(23)19-11-6-10-18(14-19)16-25(2)24/h3-6,8-11,14H,7,12-13,15-16H2,1-2H3,(H,21,23). The Morgan fingerprint density at radius 2 is 1.80 bits per heavy atom. The Morgan fingerprint density at radius 1 is 1.08 bits per heavy atom. The van der Waals surface area contributed by atoms with Crippen molar-refractivity contribution in [1.82, 2.24) is 10.2 Å². The summed E-state index contributed by atoms with van der Waals surface area (Å²) >= 11 is 0. The molecule has 0 bridgehead atoms. The average molecular weight is 359 g/mol. The van der Waals surface area contributed by atoms with Crippen molar-refractivity contribution in [2.24, 2.45) is 0 Å². The number of hydrogen-bond acceptors (Lipinski definition) is 3. The molecular weight excluding hydrogens is 332 g/mol. The molecule has 25 heavy (non-hydrogen) atoms. The quantitative estimate of drug-likeness (QED) is 0.701. The summed E-state index contributed by atoms with van der Waals surface area (Å²) in [5.74, 6) is 0.403. The third-order valence-electron chi connectivity index (χ3n) is 3.86. The van der Waals surface area contributed by atoms with E-state index in [-0.39, 0.29) is 5.91 Å². The van der Waals surface area contributed by atoms with Crippen LogP contribution >= 0.6 is 0 Å². The summed E-state index contributed by atoms with van der Waals surface area (Å²) in [5, 5.41) is 2.96. The van der Waals surface area contributed by atoms with Crippen molar-refractivity contribution in [2.75, 3.05) is 26.4 Å². The molecule has 5 heteroatoms. The minimum absolute atomic E-state index is 0.0746. The highest BCUT2D eigenvalue weighted by molar-refractivity contribution is 7.83. The van der Waals surface area contributed by atoms with Crippen LogP contribution in [0.3, 0.4) is 0 Å². The van der Waals surface area contributed by atoms with Gasteiger partial charge >= 0.3 is 0 Å². The minimum atomic E-state index is -0.904. The molecule has 2 rings (SSSR count). The predicted octanol–water partition coefficient (Wildman–Crippen LogP) is 2.82. The number of rotatable bonds is 9. The van der Waals surface area contributed by atoms with Crippen molar-refractivity contribution in [3.63, 3.8) is 0 Å². The van der Waals surface area contributed by atoms with Gasteiger partial charge in [-0.15, -0.1) is 0 Å². The molecule has 1 N–H and O–H groups in total. The molecule has 0 radical (unpaired) electrons. The van der Waals surface area contributed by atoms with Crippen molar-refractivity contribution in [1.29, 1.82) is 0 Å². The van der Waals surface area contributed by atoms with E-state index in [2.05, 4.69) is 29.4 Å². The number of nitrogens with zero attached hydrogens (tertiary/aromatic N) is 1. The van der Waals surface area contributed by atoms with E-state index in [1.807, 2.05) is 36.4 Å². The zero-order valence-electron chi connectivity index (χ0n) is 14.9. The van der Waals surface area contributed by atoms with Gasteiger partial charge in [-0.25, -0.2) is 0 Å². The van der Waals surface area contributed by atoms with Crippen molar-refractivity contribution in [2.45, 2.75) is 18.7 Å². The van der Waals surface area contributed by atoms with E-state index in [1.165, 1.54) is 5.56 Å². The van der Waals surface area contributed by atoms with Crippen LogP contribution < -0.4 is 5.32 Å². The first-order valence-electron chi connectivity index (χ1n) is 8.44. The van der Waals surface area contributed by atoms with Gasteiger partial charge in [-0.3, -0.25) is 9.00 Å². The molecule has 1 amide bonds. The van der Waals surface area contributed by atoms with Crippen LogP contribution in [0.4, 0.5) is 0 Å². The topological polar surface area (TPSA) is 49.4 Å². The van der Waals surface area contributed by atoms with Crippen LogP contribution in [0.2, 0.25) is 0 Å². The van der Waals surface area contributed by atoms with Gasteiger partial charge in [0, 0.05) is 41.5 Å². The highest BCUT2D eigenvalue weighted by Gasteiger charge is 2.07. The van der Waals surface area contributed by atoms with Crippen LogP contribution in [-0.4, -0.2) is 41.4 Å². The van der Waals surface area contributed by atoms with E-state index in [0.29, 0.717) is 17.9 Å². The average Bonchev–Trinajstić information content (AvgIpc) is 2.59. The molecule has 0 saturated heterocycles. The largest absolute Gasteiger partial charge is 0.352 e. The molecule has 0 aromatic heterocycles. The fourth-order valence-corrected chi connectivity index (χ4v) is 3.31. The lowest BCUT2D eigenvalue weighted by Gasteiger charge is -2.16. The monoisotopic (exact) mass is 358 g/mol. The molecule has 2 aromatic carbocycles. The van der Waals surface area contributed by atoms with Crippen LogP contribution in [-0.2, 0) is 23.1 Å². The second-order valence-electron chi connectivity index (χ2n) is 6.25. The first-order chi connectivity index (χ1) is 12.0. The second-order valence-corrected chi connectivity index (χ2v) is 7.69. The number of benzene rings is 2. The Kier molecular flexibility index (Phi) is 7.82. The Morgan fingerprint density at radius 3 is 2.52 bits per heavy atom. The van der Waals surface area contributed by atoms with Gasteiger partial charge in [0.2, 0.25) is 0 Å². The van der Waals surface area contributed by atoms with Crippen molar-refractivity contribution in [3.8, 4) is 0 Å². The summed E-state index contributed by atoms with van der Waals surface area (Å²) in [6.07, 6.45) is 2.56. The minimum Gasteiger partial charge on any atom is -0.352 e. The maximum Gasteiger partial charge on any atom is 0.251 e. The Balaban J connectivity index is 1.72. The van der Waals surface area contributed by atoms with Gasteiger partial charge in [0.05, 0.1) is 0 Å². The number of hydrogen-bond donors (Lipinski definition) is 1. The lowest BCUT2D eigenvalue weighted by atomic mass is 10.1. The van der Waals surface area contributed by atoms with Crippen molar-refractivity contribution < 1.29 is 9.00 Å². The Labute approximate surface area is 152 Å².